The van der Waals surface area contributed by atoms with E-state index in [9.17, 15) is 25.9 Å². The van der Waals surface area contributed by atoms with Crippen LogP contribution in [0.1, 0.15) is 0 Å². The first kappa shape index (κ1) is 30.6. The molecule has 0 aliphatic carbocycles. The van der Waals surface area contributed by atoms with Gasteiger partial charge in [0.15, 0.2) is 16.2 Å². The van der Waals surface area contributed by atoms with E-state index in [1.54, 1.807) is 66.7 Å². The number of hydrogen-bond donors (Lipinski definition) is 3. The van der Waals surface area contributed by atoms with Gasteiger partial charge < -0.3 is 20.3 Å². The van der Waals surface area contributed by atoms with Crippen LogP contribution in [0.5, 0.6) is 5.75 Å². The monoisotopic (exact) mass is 625 g/mol. The number of nitrogens with zero attached hydrogens (tertiary/aromatic N) is 2. The maximum atomic E-state index is 12.6. The van der Waals surface area contributed by atoms with Gasteiger partial charge in [-0.3, -0.25) is 4.55 Å². The Hall–Kier alpha value is -3.82. The Kier molecular flexibility index (Phi) is 8.09. The van der Waals surface area contributed by atoms with Crippen molar-refractivity contribution in [3.63, 3.8) is 0 Å². The van der Waals surface area contributed by atoms with Crippen molar-refractivity contribution in [1.82, 2.24) is 4.98 Å². The second kappa shape index (κ2) is 11.4. The molecular formula is C29H22N4NaO7S2. The number of nitrogens with one attached hydrogen (secondary N) is 1. The fourth-order valence-corrected chi connectivity index (χ4v) is 6.65. The van der Waals surface area contributed by atoms with E-state index in [4.69, 9.17) is 15.5 Å². The number of para-hydroxylation sites is 2. The number of fused-ring (bicyclic) bond motifs is 4. The molecular weight excluding hydrogens is 603 g/mol. The minimum Gasteiger partial charge on any atom is -0.744 e. The van der Waals surface area contributed by atoms with Crippen LogP contribution in [-0.2, 0) is 20.2 Å². The van der Waals surface area contributed by atoms with Gasteiger partial charge in [0, 0.05) is 70.3 Å². The molecule has 0 bridgehead atoms. The van der Waals surface area contributed by atoms with Gasteiger partial charge >= 0.3 is 0 Å². The maximum absolute atomic E-state index is 12.6. The van der Waals surface area contributed by atoms with E-state index in [0.717, 1.165) is 0 Å². The first-order valence-electron chi connectivity index (χ1n) is 12.4. The van der Waals surface area contributed by atoms with Gasteiger partial charge in [-0.1, -0.05) is 48.5 Å². The summed E-state index contributed by atoms with van der Waals surface area (Å²) >= 11 is 0. The normalized spacial score (nSPS) is 11.9. The molecule has 0 spiro atoms. The van der Waals surface area contributed by atoms with Crippen LogP contribution >= 0.6 is 0 Å². The van der Waals surface area contributed by atoms with E-state index >= 15 is 0 Å². The summed E-state index contributed by atoms with van der Waals surface area (Å²) in [4.78, 5) is 3.70. The molecule has 0 amide bonds. The fourth-order valence-electron chi connectivity index (χ4n) is 5.15. The van der Waals surface area contributed by atoms with Gasteiger partial charge in [0.1, 0.15) is 20.5 Å². The largest absolute Gasteiger partial charge is 0.744 e. The van der Waals surface area contributed by atoms with E-state index in [1.165, 1.54) is 29.9 Å². The van der Waals surface area contributed by atoms with Crippen molar-refractivity contribution < 1.29 is 35.2 Å². The van der Waals surface area contributed by atoms with Crippen LogP contribution in [0.2, 0.25) is 0 Å². The molecule has 0 aliphatic heterocycles. The van der Waals surface area contributed by atoms with Crippen LogP contribution in [0, 0.1) is 0 Å². The van der Waals surface area contributed by atoms with E-state index in [0.29, 0.717) is 22.3 Å². The van der Waals surface area contributed by atoms with Crippen LogP contribution in [0.15, 0.2) is 101 Å². The maximum Gasteiger partial charge on any atom is 0.295 e. The number of rotatable bonds is 6. The summed E-state index contributed by atoms with van der Waals surface area (Å²) in [6.07, 6.45) is 0. The number of hydrogen-bond acceptors (Lipinski definition) is 9. The Morgan fingerprint density at radius 2 is 1.56 bits per heavy atom. The minimum atomic E-state index is -5.13. The summed E-state index contributed by atoms with van der Waals surface area (Å²) in [5, 5.41) is 3.68. The molecule has 0 aliphatic rings. The summed E-state index contributed by atoms with van der Waals surface area (Å²) in [6, 6.07) is 24.7. The van der Waals surface area contributed by atoms with E-state index in [2.05, 4.69) is 5.32 Å². The zero-order valence-corrected chi connectivity index (χ0v) is 26.5. The van der Waals surface area contributed by atoms with Crippen LogP contribution in [0.3, 0.4) is 0 Å². The van der Waals surface area contributed by atoms with Gasteiger partial charge in [-0.15, -0.1) is 4.57 Å². The van der Waals surface area contributed by atoms with Crippen molar-refractivity contribution in [3.8, 4) is 11.4 Å². The molecule has 11 nitrogen and oxygen atoms in total. The number of nitrogens with two attached hydrogens (primary N) is 1. The van der Waals surface area contributed by atoms with Crippen LogP contribution in [0.4, 0.5) is 17.1 Å². The first-order valence-corrected chi connectivity index (χ1v) is 15.3. The molecule has 213 valence electrons. The Morgan fingerprint density at radius 3 is 2.16 bits per heavy atom. The number of methoxy groups -OCH3 is 1. The predicted octanol–water partition coefficient (Wildman–Crippen LogP) is 3.92. The molecule has 43 heavy (non-hydrogen) atoms. The van der Waals surface area contributed by atoms with E-state index in [-0.39, 0.29) is 73.5 Å². The standard InChI is InChI=1S/C29H22N4O7S2.Na/c1-40-23-15-20(30)29(42(37,38)39)28-27(23)32-26-19-13-8-14-24(41(34,35)36)25(19)21(31-17-9-4-2-5-10-17)16-22(26)33(28)18-11-6-3-7-12-18;/h2-16H,1H3,(H4,30,31,34,35,36,37,38,39);. The Morgan fingerprint density at radius 1 is 0.907 bits per heavy atom. The van der Waals surface area contributed by atoms with Crippen molar-refractivity contribution in [3.05, 3.63) is 91.0 Å². The van der Waals surface area contributed by atoms with Gasteiger partial charge in [-0.25, -0.2) is 13.4 Å². The quantitative estimate of drug-likeness (QED) is 0.0614. The Bertz CT molecular complexity index is 2270. The second-order valence-corrected chi connectivity index (χ2v) is 12.1. The number of anilines is 3. The molecule has 6 aromatic rings. The van der Waals surface area contributed by atoms with Gasteiger partial charge in [0.05, 0.1) is 18.5 Å². The average Bonchev–Trinajstić information content (AvgIpc) is 2.95. The smallest absolute Gasteiger partial charge is 0.295 e. The van der Waals surface area contributed by atoms with Crippen molar-refractivity contribution in [2.45, 2.75) is 9.79 Å². The molecule has 0 fully saturated rings. The molecule has 14 heteroatoms. The number of benzene rings is 5. The van der Waals surface area contributed by atoms with Crippen molar-refractivity contribution >= 4 is 99.7 Å². The zero-order chi connectivity index (χ0) is 29.8. The summed E-state index contributed by atoms with van der Waals surface area (Å²) < 4.78 is 80.2. The molecule has 6 rings (SSSR count). The van der Waals surface area contributed by atoms with Crippen LogP contribution < -0.4 is 20.4 Å². The number of ether oxygens (including phenoxy) is 1. The minimum absolute atomic E-state index is 0. The van der Waals surface area contributed by atoms with E-state index in [1.807, 2.05) is 6.07 Å². The topological polar surface area (TPSA) is 176 Å². The zero-order valence-electron chi connectivity index (χ0n) is 22.8. The number of aromatic nitrogens is 2. The third kappa shape index (κ3) is 5.40. The van der Waals surface area contributed by atoms with Gasteiger partial charge in [0.25, 0.3) is 15.6 Å². The Labute approximate surface area is 268 Å². The van der Waals surface area contributed by atoms with Gasteiger partial charge in [-0.05, 0) is 18.2 Å². The molecule has 5 aromatic carbocycles. The molecule has 0 saturated carbocycles. The van der Waals surface area contributed by atoms with Crippen molar-refractivity contribution in [2.24, 2.45) is 0 Å². The fraction of sp³-hybridized carbons (Fsp3) is 0.0345. The van der Waals surface area contributed by atoms with Gasteiger partial charge in [0.2, 0.25) is 11.2 Å². The summed E-state index contributed by atoms with van der Waals surface area (Å²) in [7, 11) is -8.48. The molecule has 1 aromatic heterocycles. The summed E-state index contributed by atoms with van der Waals surface area (Å²) in [6.45, 7) is 0. The summed E-state index contributed by atoms with van der Waals surface area (Å²) in [5.74, 6) is 0.0899. The molecule has 0 unspecified atom stereocenters. The summed E-state index contributed by atoms with van der Waals surface area (Å²) in [5.41, 5.74) is 7.57. The van der Waals surface area contributed by atoms with Crippen molar-refractivity contribution in [1.29, 1.82) is 0 Å². The molecule has 0 saturated heterocycles. The predicted molar refractivity (Wildman–Crippen MR) is 163 cm³/mol. The SMILES string of the molecule is COc1cc(N)c(S(=O)(=O)[O-])c2c1nc1c3cccc(S(=O)(=O)O)c3c(Nc3ccccc3)cc1[n+]2-c1ccccc1.[Na]. The Balaban J connectivity index is 0.00000368. The molecule has 1 heterocycles. The average molecular weight is 626 g/mol. The van der Waals surface area contributed by atoms with Crippen LogP contribution in [0.25, 0.3) is 38.5 Å². The van der Waals surface area contributed by atoms with Crippen molar-refractivity contribution in [2.75, 3.05) is 18.2 Å². The molecule has 4 N–H and O–H groups in total. The third-order valence-electron chi connectivity index (χ3n) is 6.80. The van der Waals surface area contributed by atoms with E-state index < -0.39 is 25.1 Å². The second-order valence-electron chi connectivity index (χ2n) is 9.37. The first-order chi connectivity index (χ1) is 20.0. The third-order valence-corrected chi connectivity index (χ3v) is 8.62. The molecule has 1 radical (unpaired) electrons. The van der Waals surface area contributed by atoms with Crippen LogP contribution in [-0.4, -0.2) is 67.6 Å². The van der Waals surface area contributed by atoms with Gasteiger partial charge in [-0.2, -0.15) is 8.42 Å². The number of nitrogen functional groups attached to an aromatic ring is 1. The molecule has 0 atom stereocenters.